The smallest absolute Gasteiger partial charge is 0.265 e. The number of benzene rings is 2. The zero-order valence-corrected chi connectivity index (χ0v) is 20.3. The van der Waals surface area contributed by atoms with E-state index < -0.39 is 28.6 Å². The van der Waals surface area contributed by atoms with Crippen LogP contribution in [0.5, 0.6) is 17.2 Å². The Balaban J connectivity index is 1.81. The van der Waals surface area contributed by atoms with Crippen molar-refractivity contribution in [2.24, 2.45) is 0 Å². The fourth-order valence-electron chi connectivity index (χ4n) is 3.22. The molecule has 0 fully saturated rings. The third kappa shape index (κ3) is 5.00. The molecule has 2 N–H and O–H groups in total. The van der Waals surface area contributed by atoms with Crippen molar-refractivity contribution in [3.63, 3.8) is 0 Å². The number of halogens is 1. The Morgan fingerprint density at radius 3 is 2.52 bits per heavy atom. The Labute approximate surface area is 196 Å². The van der Waals surface area contributed by atoms with Crippen LogP contribution in [0.3, 0.4) is 0 Å². The maximum atomic E-state index is 13.2. The molecular formula is C21H24ClN3O7S. The van der Waals surface area contributed by atoms with Gasteiger partial charge in [0.2, 0.25) is 15.9 Å². The number of carbonyl (C=O) groups is 2. The summed E-state index contributed by atoms with van der Waals surface area (Å²) in [4.78, 5) is 24.4. The Kier molecular flexibility index (Phi) is 7.06. The molecule has 0 spiro atoms. The lowest BCUT2D eigenvalue weighted by atomic mass is 10.1. The van der Waals surface area contributed by atoms with E-state index in [-0.39, 0.29) is 27.3 Å². The lowest BCUT2D eigenvalue weighted by Gasteiger charge is -2.25. The molecule has 0 radical (unpaired) electrons. The number of ether oxygens (including phenoxy) is 3. The number of hydrogen-bond acceptors (Lipinski definition) is 7. The highest BCUT2D eigenvalue weighted by Crippen LogP contribution is 2.37. The number of anilines is 2. The van der Waals surface area contributed by atoms with E-state index in [1.165, 1.54) is 45.5 Å². The van der Waals surface area contributed by atoms with Gasteiger partial charge in [-0.1, -0.05) is 11.6 Å². The van der Waals surface area contributed by atoms with Crippen molar-refractivity contribution in [3.05, 3.63) is 34.9 Å². The molecule has 1 unspecified atom stereocenters. The molecule has 1 aliphatic rings. The van der Waals surface area contributed by atoms with Crippen LogP contribution in [0, 0.1) is 6.92 Å². The number of amides is 2. The lowest BCUT2D eigenvalue weighted by Crippen LogP contribution is -2.36. The monoisotopic (exact) mass is 497 g/mol. The Hall–Kier alpha value is -3.02. The number of aryl methyl sites for hydroxylation is 1. The van der Waals surface area contributed by atoms with E-state index in [1.54, 1.807) is 13.8 Å². The zero-order valence-electron chi connectivity index (χ0n) is 18.7. The normalized spacial score (nSPS) is 15.4. The van der Waals surface area contributed by atoms with Gasteiger partial charge in [-0.25, -0.2) is 8.42 Å². The number of methoxy groups -OCH3 is 2. The van der Waals surface area contributed by atoms with Crippen molar-refractivity contribution in [3.8, 4) is 17.2 Å². The Bertz CT molecular complexity index is 1220. The van der Waals surface area contributed by atoms with E-state index in [9.17, 15) is 18.0 Å². The summed E-state index contributed by atoms with van der Waals surface area (Å²) in [5, 5.41) is 5.52. The molecule has 2 aromatic rings. The molecule has 2 amide bonds. The van der Waals surface area contributed by atoms with E-state index in [1.807, 2.05) is 0 Å². The number of hydrogen-bond donors (Lipinski definition) is 2. The molecule has 10 nitrogen and oxygen atoms in total. The summed E-state index contributed by atoms with van der Waals surface area (Å²) in [5.41, 5.74) is 1.05. The summed E-state index contributed by atoms with van der Waals surface area (Å²) in [6.45, 7) is 2.68. The summed E-state index contributed by atoms with van der Waals surface area (Å²) >= 11 is 6.12. The van der Waals surface area contributed by atoms with Crippen LogP contribution >= 0.6 is 11.6 Å². The van der Waals surface area contributed by atoms with E-state index in [2.05, 4.69) is 10.6 Å². The molecule has 1 atom stereocenters. The number of nitrogens with one attached hydrogen (secondary N) is 2. The minimum Gasteiger partial charge on any atom is -0.495 e. The van der Waals surface area contributed by atoms with Gasteiger partial charge in [0.15, 0.2) is 6.10 Å². The summed E-state index contributed by atoms with van der Waals surface area (Å²) in [7, 11) is 0.0967. The molecule has 1 heterocycles. The maximum absolute atomic E-state index is 13.2. The van der Waals surface area contributed by atoms with E-state index in [0.717, 1.165) is 4.31 Å². The predicted molar refractivity (Wildman–Crippen MR) is 123 cm³/mol. The second-order valence-electron chi connectivity index (χ2n) is 7.36. The second-order valence-corrected chi connectivity index (χ2v) is 9.78. The topological polar surface area (TPSA) is 123 Å². The van der Waals surface area contributed by atoms with Gasteiger partial charge >= 0.3 is 0 Å². The number of sulfonamides is 1. The molecule has 0 bridgehead atoms. The standard InChI is InChI=1S/C21H24ClN3O7S/c1-11-6-14-18(32-12(2)21(27)24-14)9-19(11)33(28,29)25(3)10-20(26)23-15-7-13(22)16(30-4)8-17(15)31-5/h6-9,12H,10H2,1-5H3,(H,23,26)(H,24,27). The molecule has 12 heteroatoms. The summed E-state index contributed by atoms with van der Waals surface area (Å²) in [6.07, 6.45) is -0.759. The van der Waals surface area contributed by atoms with Crippen LogP contribution in [0.25, 0.3) is 0 Å². The number of nitrogens with zero attached hydrogens (tertiary/aromatic N) is 1. The van der Waals surface area contributed by atoms with Gasteiger partial charge in [-0.05, 0) is 31.5 Å². The first-order valence-electron chi connectivity index (χ1n) is 9.77. The first kappa shape index (κ1) is 24.6. The fraction of sp³-hybridized carbons (Fsp3) is 0.333. The molecule has 33 heavy (non-hydrogen) atoms. The zero-order chi connectivity index (χ0) is 24.5. The van der Waals surface area contributed by atoms with Gasteiger partial charge in [0.25, 0.3) is 5.91 Å². The lowest BCUT2D eigenvalue weighted by molar-refractivity contribution is -0.122. The van der Waals surface area contributed by atoms with Gasteiger partial charge in [0.05, 0.1) is 42.1 Å². The van der Waals surface area contributed by atoms with Crippen molar-refractivity contribution in [1.82, 2.24) is 4.31 Å². The molecule has 178 valence electrons. The van der Waals surface area contributed by atoms with Gasteiger partial charge < -0.3 is 24.8 Å². The van der Waals surface area contributed by atoms with Gasteiger partial charge in [0, 0.05) is 19.2 Å². The van der Waals surface area contributed by atoms with Gasteiger partial charge in [0.1, 0.15) is 17.2 Å². The third-order valence-electron chi connectivity index (χ3n) is 5.01. The molecule has 0 saturated carbocycles. The SMILES string of the molecule is COc1cc(OC)c(NC(=O)CN(C)S(=O)(=O)c2cc3c(cc2C)NC(=O)C(C)O3)cc1Cl. The van der Waals surface area contributed by atoms with Crippen molar-refractivity contribution >= 4 is 44.8 Å². The van der Waals surface area contributed by atoms with E-state index in [0.29, 0.717) is 22.7 Å². The highest BCUT2D eigenvalue weighted by Gasteiger charge is 2.30. The van der Waals surface area contributed by atoms with Crippen molar-refractivity contribution in [2.75, 3.05) is 38.4 Å². The summed E-state index contributed by atoms with van der Waals surface area (Å²) < 4.78 is 43.1. The third-order valence-corrected chi connectivity index (χ3v) is 7.25. The van der Waals surface area contributed by atoms with Gasteiger partial charge in [-0.2, -0.15) is 4.31 Å². The molecule has 1 aliphatic heterocycles. The Morgan fingerprint density at radius 2 is 1.88 bits per heavy atom. The molecular weight excluding hydrogens is 474 g/mol. The molecule has 0 saturated heterocycles. The highest BCUT2D eigenvalue weighted by molar-refractivity contribution is 7.89. The van der Waals surface area contributed by atoms with Crippen molar-refractivity contribution in [2.45, 2.75) is 24.8 Å². The van der Waals surface area contributed by atoms with Crippen LogP contribution in [0.2, 0.25) is 5.02 Å². The first-order valence-corrected chi connectivity index (χ1v) is 11.6. The number of rotatable bonds is 7. The van der Waals surface area contributed by atoms with Crippen molar-refractivity contribution < 1.29 is 32.2 Å². The van der Waals surface area contributed by atoms with Crippen molar-refractivity contribution in [1.29, 1.82) is 0 Å². The van der Waals surface area contributed by atoms with Gasteiger partial charge in [-0.15, -0.1) is 0 Å². The molecule has 2 aromatic carbocycles. The van der Waals surface area contributed by atoms with E-state index >= 15 is 0 Å². The molecule has 0 aromatic heterocycles. The predicted octanol–water partition coefficient (Wildman–Crippen LogP) is 2.64. The number of carbonyl (C=O) groups excluding carboxylic acids is 2. The molecule has 0 aliphatic carbocycles. The molecule has 3 rings (SSSR count). The highest BCUT2D eigenvalue weighted by atomic mass is 35.5. The van der Waals surface area contributed by atoms with Crippen LogP contribution in [0.4, 0.5) is 11.4 Å². The average molecular weight is 498 g/mol. The number of likely N-dealkylation sites (N-methyl/N-ethyl adjacent to an activating group) is 1. The van der Waals surface area contributed by atoms with E-state index in [4.69, 9.17) is 25.8 Å². The van der Waals surface area contributed by atoms with Gasteiger partial charge in [-0.3, -0.25) is 9.59 Å². The van der Waals surface area contributed by atoms with Crippen LogP contribution in [-0.4, -0.2) is 58.5 Å². The second kappa shape index (κ2) is 9.46. The largest absolute Gasteiger partial charge is 0.495 e. The average Bonchev–Trinajstić information content (AvgIpc) is 2.74. The number of fused-ring (bicyclic) bond motifs is 1. The van der Waals surface area contributed by atoms with Crippen LogP contribution in [0.15, 0.2) is 29.2 Å². The fourth-order valence-corrected chi connectivity index (χ4v) is 4.81. The van der Waals surface area contributed by atoms with Crippen LogP contribution in [0.1, 0.15) is 12.5 Å². The Morgan fingerprint density at radius 1 is 1.21 bits per heavy atom. The summed E-state index contributed by atoms with van der Waals surface area (Å²) in [5.74, 6) is -0.0220. The van der Waals surface area contributed by atoms with Crippen LogP contribution in [-0.2, 0) is 19.6 Å². The first-order chi connectivity index (χ1) is 15.5. The summed E-state index contributed by atoms with van der Waals surface area (Å²) in [6, 6.07) is 5.82. The maximum Gasteiger partial charge on any atom is 0.265 e. The van der Waals surface area contributed by atoms with Crippen LogP contribution < -0.4 is 24.8 Å². The minimum absolute atomic E-state index is 0.0371. The minimum atomic E-state index is -4.05. The quantitative estimate of drug-likeness (QED) is 0.602.